The van der Waals surface area contributed by atoms with Gasteiger partial charge in [0.1, 0.15) is 22.9 Å². The van der Waals surface area contributed by atoms with E-state index in [9.17, 15) is 14.0 Å². The summed E-state index contributed by atoms with van der Waals surface area (Å²) in [5, 5.41) is 13.3. The molecule has 2 aromatic carbocycles. The Labute approximate surface area is 244 Å². The lowest BCUT2D eigenvalue weighted by atomic mass is 10.1. The summed E-state index contributed by atoms with van der Waals surface area (Å²) in [7, 11) is 0. The van der Waals surface area contributed by atoms with Crippen LogP contribution >= 0.6 is 0 Å². The fourth-order valence-corrected chi connectivity index (χ4v) is 5.07. The number of nitrogens with two attached hydrogens (primary N) is 2. The Balaban J connectivity index is 0.000000214. The number of imidazole rings is 1. The molecule has 0 spiro atoms. The van der Waals surface area contributed by atoms with Crippen LogP contribution in [0.5, 0.6) is 5.75 Å². The number of hydrogen-bond donors (Lipinski definition) is 3. The zero-order chi connectivity index (χ0) is 30.1. The van der Waals surface area contributed by atoms with Crippen LogP contribution in [0.15, 0.2) is 79.3 Å². The van der Waals surface area contributed by atoms with Crippen molar-refractivity contribution in [3.05, 3.63) is 107 Å². The van der Waals surface area contributed by atoms with E-state index in [-0.39, 0.29) is 5.56 Å². The van der Waals surface area contributed by atoms with Crippen LogP contribution in [0.2, 0.25) is 0 Å². The average Bonchev–Trinajstić information content (AvgIpc) is 3.77. The van der Waals surface area contributed by atoms with Gasteiger partial charge in [-0.2, -0.15) is 5.10 Å². The molecule has 0 saturated heterocycles. The minimum Gasteiger partial charge on any atom is -0.507 e. The maximum absolute atomic E-state index is 12.8. The van der Waals surface area contributed by atoms with Crippen LogP contribution in [0, 0.1) is 5.82 Å². The lowest BCUT2D eigenvalue weighted by molar-refractivity contribution is 0.0996. The maximum atomic E-state index is 12.8. The molecule has 0 fully saturated rings. The summed E-state index contributed by atoms with van der Waals surface area (Å²) < 4.78 is 16.7. The Morgan fingerprint density at radius 2 is 1.84 bits per heavy atom. The van der Waals surface area contributed by atoms with Crippen LogP contribution in [0.1, 0.15) is 38.3 Å². The highest BCUT2D eigenvalue weighted by atomic mass is 19.1. The number of anilines is 1. The topological polar surface area (TPSA) is 168 Å². The van der Waals surface area contributed by atoms with E-state index in [4.69, 9.17) is 26.5 Å². The van der Waals surface area contributed by atoms with Gasteiger partial charge >= 0.3 is 0 Å². The third-order valence-electron chi connectivity index (χ3n) is 7.16. The fraction of sp³-hybridized carbons (Fsp3) is 0.0968. The smallest absolute Gasteiger partial charge is 0.251 e. The largest absolute Gasteiger partial charge is 0.507 e. The van der Waals surface area contributed by atoms with Crippen LogP contribution in [-0.2, 0) is 12.8 Å². The second-order valence-corrected chi connectivity index (χ2v) is 9.85. The van der Waals surface area contributed by atoms with Gasteiger partial charge in [0.2, 0.25) is 0 Å². The minimum absolute atomic E-state index is 0.171. The third kappa shape index (κ3) is 5.17. The molecule has 0 unspecified atom stereocenters. The van der Waals surface area contributed by atoms with Crippen molar-refractivity contribution in [1.82, 2.24) is 29.3 Å². The number of amides is 1. The van der Waals surface area contributed by atoms with Crippen LogP contribution in [0.4, 0.5) is 10.2 Å². The molecule has 0 saturated carbocycles. The molecule has 12 heteroatoms. The Hall–Kier alpha value is -5.91. The second kappa shape index (κ2) is 11.2. The van der Waals surface area contributed by atoms with Crippen LogP contribution in [0.25, 0.3) is 34.1 Å². The summed E-state index contributed by atoms with van der Waals surface area (Å²) in [6.07, 6.45) is 9.07. The van der Waals surface area contributed by atoms with Crippen molar-refractivity contribution in [3.8, 4) is 28.6 Å². The zero-order valence-corrected chi connectivity index (χ0v) is 22.7. The van der Waals surface area contributed by atoms with Gasteiger partial charge in [0.05, 0.1) is 16.7 Å². The van der Waals surface area contributed by atoms with E-state index in [2.05, 4.69) is 32.8 Å². The summed E-state index contributed by atoms with van der Waals surface area (Å²) in [6, 6.07) is 17.8. The van der Waals surface area contributed by atoms with Gasteiger partial charge in [0.15, 0.2) is 23.6 Å². The first kappa shape index (κ1) is 27.3. The molecule has 0 radical (unpaired) electrons. The standard InChI is InChI=1S/C23H19N7.C8H6FNO3/c24-21-18(6-2-11-25-21)22-27-19-9-10-20(29-13-3-12-26-29)28-23(19)30(22)17-8-7-15-4-1-5-16(15)14-17;9-6-2-7(12)4(3-11)1-5(6)8(10)13/h2-3,6-14H,1,4-5H2,(H2,24,25);1-3,12H,(H2,10,13). The Morgan fingerprint density at radius 3 is 2.58 bits per heavy atom. The first-order valence-electron chi connectivity index (χ1n) is 13.3. The first-order chi connectivity index (χ1) is 20.8. The minimum atomic E-state index is -0.986. The highest BCUT2D eigenvalue weighted by Crippen LogP contribution is 2.33. The van der Waals surface area contributed by atoms with Crippen molar-refractivity contribution in [1.29, 1.82) is 0 Å². The van der Waals surface area contributed by atoms with Gasteiger partial charge in [-0.1, -0.05) is 6.07 Å². The number of aryl methyl sites for hydroxylation is 2. The number of phenolic OH excluding ortho intramolecular Hbond substituents is 1. The summed E-state index contributed by atoms with van der Waals surface area (Å²) in [5.41, 5.74) is 16.6. The number of rotatable bonds is 5. The van der Waals surface area contributed by atoms with Gasteiger partial charge in [-0.15, -0.1) is 0 Å². The SMILES string of the molecule is NC(=O)c1cc(C=O)c(O)cc1F.Nc1ncccc1-c1nc2ccc(-n3cccn3)nc2n1-c1ccc2c(c1)CCC2. The van der Waals surface area contributed by atoms with E-state index in [0.29, 0.717) is 18.2 Å². The predicted molar refractivity (Wildman–Crippen MR) is 158 cm³/mol. The van der Waals surface area contributed by atoms with Gasteiger partial charge < -0.3 is 16.6 Å². The number of fused-ring (bicyclic) bond motifs is 2. The van der Waals surface area contributed by atoms with E-state index in [1.807, 2.05) is 36.5 Å². The second-order valence-electron chi connectivity index (χ2n) is 9.85. The van der Waals surface area contributed by atoms with Crippen molar-refractivity contribution >= 4 is 29.2 Å². The molecule has 214 valence electrons. The fourth-order valence-electron chi connectivity index (χ4n) is 5.07. The number of carbonyl (C=O) groups is 2. The molecule has 1 aliphatic carbocycles. The molecule has 0 bridgehead atoms. The van der Waals surface area contributed by atoms with E-state index in [1.54, 1.807) is 17.1 Å². The number of aromatic nitrogens is 6. The number of hydrogen-bond acceptors (Lipinski definition) is 8. The molecule has 0 atom stereocenters. The molecule has 43 heavy (non-hydrogen) atoms. The van der Waals surface area contributed by atoms with Crippen LogP contribution in [-0.4, -0.2) is 46.6 Å². The number of halogens is 1. The number of phenols is 1. The molecule has 5 N–H and O–H groups in total. The van der Waals surface area contributed by atoms with E-state index >= 15 is 0 Å². The van der Waals surface area contributed by atoms with Crippen LogP contribution < -0.4 is 11.5 Å². The monoisotopic (exact) mass is 576 g/mol. The van der Waals surface area contributed by atoms with Gasteiger partial charge in [-0.3, -0.25) is 14.2 Å². The normalized spacial score (nSPS) is 12.0. The number of primary amides is 1. The number of aromatic hydroxyl groups is 1. The number of carbonyl (C=O) groups excluding carboxylic acids is 2. The Morgan fingerprint density at radius 1 is 1.00 bits per heavy atom. The summed E-state index contributed by atoms with van der Waals surface area (Å²) in [6.45, 7) is 0. The van der Waals surface area contributed by atoms with Gasteiger partial charge in [-0.05, 0) is 78.9 Å². The number of nitrogens with zero attached hydrogens (tertiary/aromatic N) is 6. The highest BCUT2D eigenvalue weighted by molar-refractivity contribution is 5.95. The summed E-state index contributed by atoms with van der Waals surface area (Å²) >= 11 is 0. The molecular weight excluding hydrogens is 551 g/mol. The van der Waals surface area contributed by atoms with Gasteiger partial charge in [0, 0.05) is 30.3 Å². The quantitative estimate of drug-likeness (QED) is 0.257. The molecule has 4 aromatic heterocycles. The van der Waals surface area contributed by atoms with E-state index < -0.39 is 23.0 Å². The lowest BCUT2D eigenvalue weighted by Crippen LogP contribution is -2.13. The average molecular weight is 577 g/mol. The van der Waals surface area contributed by atoms with E-state index in [1.165, 1.54) is 17.5 Å². The van der Waals surface area contributed by atoms with Crippen molar-refractivity contribution in [3.63, 3.8) is 0 Å². The van der Waals surface area contributed by atoms with Gasteiger partial charge in [0.25, 0.3) is 5.91 Å². The molecule has 0 aliphatic heterocycles. The maximum Gasteiger partial charge on any atom is 0.251 e. The molecule has 1 amide bonds. The molecule has 6 aromatic rings. The summed E-state index contributed by atoms with van der Waals surface area (Å²) in [5.74, 6) is -0.532. The molecule has 11 nitrogen and oxygen atoms in total. The Kier molecular flexibility index (Phi) is 7.08. The predicted octanol–water partition coefficient (Wildman–Crippen LogP) is 4.18. The third-order valence-corrected chi connectivity index (χ3v) is 7.16. The number of pyridine rings is 2. The molecule has 1 aliphatic rings. The van der Waals surface area contributed by atoms with Crippen molar-refractivity contribution in [2.75, 3.05) is 5.73 Å². The number of aldehydes is 1. The zero-order valence-electron chi connectivity index (χ0n) is 22.7. The number of nitrogen functional groups attached to an aromatic ring is 1. The first-order valence-corrected chi connectivity index (χ1v) is 13.3. The lowest BCUT2D eigenvalue weighted by Gasteiger charge is -2.12. The van der Waals surface area contributed by atoms with Crippen molar-refractivity contribution in [2.45, 2.75) is 19.3 Å². The highest BCUT2D eigenvalue weighted by Gasteiger charge is 2.20. The van der Waals surface area contributed by atoms with Crippen molar-refractivity contribution in [2.24, 2.45) is 5.73 Å². The van der Waals surface area contributed by atoms with Gasteiger partial charge in [-0.25, -0.2) is 24.0 Å². The molecule has 7 rings (SSSR count). The molecule has 4 heterocycles. The molecular formula is C31H25FN8O3. The van der Waals surface area contributed by atoms with Crippen LogP contribution in [0.3, 0.4) is 0 Å². The van der Waals surface area contributed by atoms with E-state index in [0.717, 1.165) is 53.0 Å². The van der Waals surface area contributed by atoms with Crippen molar-refractivity contribution < 1.29 is 19.1 Å². The Bertz CT molecular complexity index is 2000. The number of benzene rings is 2. The summed E-state index contributed by atoms with van der Waals surface area (Å²) in [4.78, 5) is 34.9.